The SMILES string of the molecule is COc1ccc(NC(=O)N[C@@H](CCC(N)=O)C(=O)N[C@@H](CC2CCCCC2)C(=O)N[C@@H](CC=O)C(=O)N(I)[C@@H](CC(C)C)C(=O)N[C@H](Cc2ccccc2)C(=O)O)cc1. The number of carbonyl (C=O) groups excluding carboxylic acids is 7. The maximum Gasteiger partial charge on any atom is 0.326 e. The summed E-state index contributed by atoms with van der Waals surface area (Å²) < 4.78 is 6.21. The summed E-state index contributed by atoms with van der Waals surface area (Å²) in [7, 11) is 1.50. The summed E-state index contributed by atoms with van der Waals surface area (Å²) in [4.78, 5) is 105. The third kappa shape index (κ3) is 16.5. The van der Waals surface area contributed by atoms with E-state index in [2.05, 4.69) is 26.6 Å². The van der Waals surface area contributed by atoms with Crippen LogP contribution in [-0.2, 0) is 40.0 Å². The molecular weight excluding hydrogens is 877 g/mol. The third-order valence-corrected chi connectivity index (χ3v) is 11.0. The summed E-state index contributed by atoms with van der Waals surface area (Å²) in [5, 5.41) is 23.0. The minimum Gasteiger partial charge on any atom is -0.497 e. The molecule has 1 aliphatic carbocycles. The van der Waals surface area contributed by atoms with Gasteiger partial charge in [-0.15, -0.1) is 0 Å². The second-order valence-electron chi connectivity index (χ2n) is 15.0. The highest BCUT2D eigenvalue weighted by Crippen LogP contribution is 2.28. The summed E-state index contributed by atoms with van der Waals surface area (Å²) in [5.41, 5.74) is 6.45. The Morgan fingerprint density at radius 3 is 2.03 bits per heavy atom. The Hall–Kier alpha value is -5.27. The zero-order valence-corrected chi connectivity index (χ0v) is 35.8. The largest absolute Gasteiger partial charge is 0.497 e. The predicted molar refractivity (Wildman–Crippen MR) is 227 cm³/mol. The van der Waals surface area contributed by atoms with E-state index >= 15 is 0 Å². The van der Waals surface area contributed by atoms with Crippen LogP contribution in [0, 0.1) is 11.8 Å². The van der Waals surface area contributed by atoms with Crippen molar-refractivity contribution in [2.45, 2.75) is 115 Å². The van der Waals surface area contributed by atoms with Gasteiger partial charge in [0.25, 0.3) is 5.91 Å². The van der Waals surface area contributed by atoms with Gasteiger partial charge in [0.15, 0.2) is 0 Å². The van der Waals surface area contributed by atoms with Crippen LogP contribution in [0.3, 0.4) is 0 Å². The second kappa shape index (κ2) is 24.6. The van der Waals surface area contributed by atoms with Gasteiger partial charge in [0, 0.05) is 24.9 Å². The Balaban J connectivity index is 1.83. The lowest BCUT2D eigenvalue weighted by Crippen LogP contribution is -2.58. The minimum absolute atomic E-state index is 0.00429. The normalized spacial score (nSPS) is 15.3. The number of rotatable bonds is 23. The van der Waals surface area contributed by atoms with Crippen LogP contribution in [0.25, 0.3) is 0 Å². The molecule has 0 saturated heterocycles. The number of halogens is 1. The Bertz CT molecular complexity index is 1740. The molecule has 0 radical (unpaired) electrons. The first-order valence-electron chi connectivity index (χ1n) is 19.7. The molecule has 0 heterocycles. The number of nitrogens with zero attached hydrogens (tertiary/aromatic N) is 1. The van der Waals surface area contributed by atoms with Crippen molar-refractivity contribution >= 4 is 76.4 Å². The number of carboxylic acids is 1. The monoisotopic (exact) mass is 933 g/mol. The number of hydrogen-bond acceptors (Lipinski definition) is 9. The number of aliphatic carboxylic acids is 1. The molecule has 2 aromatic carbocycles. The molecule has 7 amide bonds. The maximum atomic E-state index is 14.1. The van der Waals surface area contributed by atoms with Crippen molar-refractivity contribution in [3.8, 4) is 5.75 Å². The number of primary amides is 1. The second-order valence-corrected chi connectivity index (χ2v) is 16.1. The van der Waals surface area contributed by atoms with Crippen molar-refractivity contribution in [3.63, 3.8) is 0 Å². The number of nitrogens with one attached hydrogen (secondary N) is 5. The van der Waals surface area contributed by atoms with Gasteiger partial charge in [-0.2, -0.15) is 0 Å². The fraction of sp³-hybridized carbons (Fsp3) is 0.512. The molecule has 8 N–H and O–H groups in total. The van der Waals surface area contributed by atoms with Crippen molar-refractivity contribution in [2.24, 2.45) is 17.6 Å². The smallest absolute Gasteiger partial charge is 0.326 e. The van der Waals surface area contributed by atoms with Gasteiger partial charge in [-0.1, -0.05) is 76.3 Å². The molecule has 1 fully saturated rings. The summed E-state index contributed by atoms with van der Waals surface area (Å²) in [6.07, 6.45) is 4.30. The Morgan fingerprint density at radius 2 is 1.46 bits per heavy atom. The van der Waals surface area contributed by atoms with E-state index in [1.54, 1.807) is 77.5 Å². The van der Waals surface area contributed by atoms with E-state index in [-0.39, 0.29) is 43.9 Å². The van der Waals surface area contributed by atoms with E-state index in [1.165, 1.54) is 7.11 Å². The Labute approximate surface area is 358 Å². The first kappa shape index (κ1) is 48.1. The molecule has 0 unspecified atom stereocenters. The van der Waals surface area contributed by atoms with Gasteiger partial charge in [0.05, 0.1) is 30.0 Å². The van der Waals surface area contributed by atoms with E-state index in [0.717, 1.165) is 35.2 Å². The molecule has 2 aromatic rings. The van der Waals surface area contributed by atoms with Crippen molar-refractivity contribution < 1.29 is 48.2 Å². The van der Waals surface area contributed by atoms with Gasteiger partial charge in [0.2, 0.25) is 23.6 Å². The standard InChI is InChI=1S/C41H56IN7O10/c1-25(2)22-34(38(54)47-33(40(56)57)24-27-12-8-5-9-13-27)49(42)39(55)31(20-21-50)45-37(53)32(23-26-10-6-4-7-11-26)46-36(52)30(18-19-35(43)51)48-41(58)44-28-14-16-29(59-3)17-15-28/h5,8-9,12-17,21,25-26,30-34H,4,6-7,10-11,18-20,22-24H2,1-3H3,(H2,43,51)(H,45,53)(H,46,52)(H,47,54)(H,56,57)(H2,44,48,58)/t30-,31-,32-,33+,34-/m0/s1. The maximum absolute atomic E-state index is 14.1. The van der Waals surface area contributed by atoms with Crippen LogP contribution in [0.2, 0.25) is 0 Å². The average Bonchev–Trinajstić information content (AvgIpc) is 3.21. The van der Waals surface area contributed by atoms with Gasteiger partial charge >= 0.3 is 12.0 Å². The van der Waals surface area contributed by atoms with E-state index in [4.69, 9.17) is 10.5 Å². The zero-order valence-electron chi connectivity index (χ0n) is 33.6. The number of carboxylic acid groups (broad SMARTS) is 1. The number of hydrogen-bond donors (Lipinski definition) is 7. The van der Waals surface area contributed by atoms with Crippen LogP contribution in [0.15, 0.2) is 54.6 Å². The quantitative estimate of drug-likeness (QED) is 0.0486. The van der Waals surface area contributed by atoms with Crippen molar-refractivity contribution in [1.29, 1.82) is 0 Å². The number of nitrogens with two attached hydrogens (primary N) is 1. The lowest BCUT2D eigenvalue weighted by molar-refractivity contribution is -0.143. The highest BCUT2D eigenvalue weighted by molar-refractivity contribution is 14.1. The van der Waals surface area contributed by atoms with E-state index < -0.39 is 78.2 Å². The number of amides is 7. The fourth-order valence-corrected chi connectivity index (χ4v) is 7.59. The molecule has 5 atom stereocenters. The Morgan fingerprint density at radius 1 is 0.847 bits per heavy atom. The molecular formula is C41H56IN7O10. The molecule has 1 saturated carbocycles. The van der Waals surface area contributed by atoms with Crippen LogP contribution in [0.5, 0.6) is 5.75 Å². The van der Waals surface area contributed by atoms with Crippen molar-refractivity contribution in [3.05, 3.63) is 60.2 Å². The summed E-state index contributed by atoms with van der Waals surface area (Å²) >= 11 is 1.64. The number of anilines is 1. The van der Waals surface area contributed by atoms with Crippen LogP contribution in [-0.4, -0.2) is 93.4 Å². The number of urea groups is 1. The number of aldehydes is 1. The van der Waals surface area contributed by atoms with Gasteiger partial charge in [-0.25, -0.2) is 9.59 Å². The molecule has 0 spiro atoms. The topological polar surface area (TPSA) is 255 Å². The van der Waals surface area contributed by atoms with Crippen LogP contribution in [0.4, 0.5) is 10.5 Å². The highest BCUT2D eigenvalue weighted by atomic mass is 127. The van der Waals surface area contributed by atoms with E-state index in [1.807, 2.05) is 13.8 Å². The van der Waals surface area contributed by atoms with Gasteiger partial charge in [0.1, 0.15) is 42.2 Å². The molecule has 0 aromatic heterocycles. The number of benzene rings is 2. The number of ether oxygens (including phenoxy) is 1. The van der Waals surface area contributed by atoms with Gasteiger partial charge < -0.3 is 47.0 Å². The fourth-order valence-electron chi connectivity index (χ4n) is 6.77. The minimum atomic E-state index is -1.45. The van der Waals surface area contributed by atoms with Crippen LogP contribution in [0.1, 0.15) is 83.6 Å². The lowest BCUT2D eigenvalue weighted by atomic mass is 9.84. The predicted octanol–water partition coefficient (Wildman–Crippen LogP) is 3.39. The lowest BCUT2D eigenvalue weighted by Gasteiger charge is -2.32. The molecule has 1 aliphatic rings. The van der Waals surface area contributed by atoms with Gasteiger partial charge in [-0.05, 0) is 60.9 Å². The first-order valence-corrected chi connectivity index (χ1v) is 20.7. The zero-order chi connectivity index (χ0) is 43.5. The molecule has 0 bridgehead atoms. The average molecular weight is 934 g/mol. The van der Waals surface area contributed by atoms with Crippen LogP contribution < -0.4 is 37.1 Å². The van der Waals surface area contributed by atoms with Crippen LogP contribution >= 0.6 is 22.9 Å². The molecule has 59 heavy (non-hydrogen) atoms. The molecule has 0 aliphatic heterocycles. The molecule has 17 nitrogen and oxygen atoms in total. The van der Waals surface area contributed by atoms with Crippen molar-refractivity contribution in [2.75, 3.05) is 12.4 Å². The third-order valence-electron chi connectivity index (χ3n) is 9.90. The van der Waals surface area contributed by atoms with Gasteiger partial charge in [-0.3, -0.25) is 27.1 Å². The summed E-state index contributed by atoms with van der Waals surface area (Å²) in [5.74, 6) is -4.58. The molecule has 322 valence electrons. The number of carbonyl (C=O) groups is 8. The highest BCUT2D eigenvalue weighted by Gasteiger charge is 2.37. The molecule has 18 heteroatoms. The van der Waals surface area contributed by atoms with E-state index in [0.29, 0.717) is 23.3 Å². The summed E-state index contributed by atoms with van der Waals surface area (Å²) in [6, 6.07) is 7.96. The molecule has 3 rings (SSSR count). The van der Waals surface area contributed by atoms with Crippen molar-refractivity contribution in [1.82, 2.24) is 24.4 Å². The Kier molecular flexibility index (Phi) is 20.1. The first-order chi connectivity index (χ1) is 28.1. The number of methoxy groups -OCH3 is 1. The van der Waals surface area contributed by atoms with E-state index in [9.17, 15) is 43.5 Å². The summed E-state index contributed by atoms with van der Waals surface area (Å²) in [6.45, 7) is 3.65.